The van der Waals surface area contributed by atoms with E-state index in [2.05, 4.69) is 4.98 Å². The van der Waals surface area contributed by atoms with Crippen LogP contribution in [0.5, 0.6) is 5.75 Å². The summed E-state index contributed by atoms with van der Waals surface area (Å²) >= 11 is 11.1. The van der Waals surface area contributed by atoms with Crippen molar-refractivity contribution < 1.29 is 13.5 Å². The Hall–Kier alpha value is -0.610. The fourth-order valence-electron chi connectivity index (χ4n) is 1.06. The highest BCUT2D eigenvalue weighted by Crippen LogP contribution is 2.36. The number of nitrogens with zero attached hydrogens (tertiary/aromatic N) is 1. The molecular formula is C8H7Cl2F2NO. The molecule has 0 saturated heterocycles. The van der Waals surface area contributed by atoms with Crippen molar-refractivity contribution in [2.75, 3.05) is 7.11 Å². The molecule has 0 fully saturated rings. The number of aromatic nitrogens is 1. The largest absolute Gasteiger partial charge is 0.495 e. The van der Waals surface area contributed by atoms with Crippen LogP contribution in [0.3, 0.4) is 0 Å². The Morgan fingerprint density at radius 3 is 2.64 bits per heavy atom. The van der Waals surface area contributed by atoms with Crippen LogP contribution >= 0.6 is 23.2 Å². The van der Waals surface area contributed by atoms with Crippen LogP contribution in [0, 0.1) is 0 Å². The zero-order valence-corrected chi connectivity index (χ0v) is 8.74. The lowest BCUT2D eigenvalue weighted by Gasteiger charge is -2.11. The van der Waals surface area contributed by atoms with Gasteiger partial charge in [0.2, 0.25) is 0 Å². The van der Waals surface area contributed by atoms with Gasteiger partial charge in [-0.3, -0.25) is 4.98 Å². The normalized spacial score (nSPS) is 10.7. The highest BCUT2D eigenvalue weighted by molar-refractivity contribution is 6.32. The number of hydrogen-bond donors (Lipinski definition) is 0. The van der Waals surface area contributed by atoms with E-state index in [0.717, 1.165) is 0 Å². The Bertz CT molecular complexity index is 333. The van der Waals surface area contributed by atoms with Gasteiger partial charge in [-0.2, -0.15) is 0 Å². The topological polar surface area (TPSA) is 22.1 Å². The standard InChI is InChI=1S/C8H7Cl2F2NO/c1-14-7-4(10)3-13-5(2-9)6(7)8(11)12/h3,8H,2H2,1H3. The second-order valence-electron chi connectivity index (χ2n) is 2.43. The summed E-state index contributed by atoms with van der Waals surface area (Å²) in [7, 11) is 1.27. The molecule has 0 atom stereocenters. The molecule has 1 aromatic rings. The quantitative estimate of drug-likeness (QED) is 0.757. The molecule has 0 saturated carbocycles. The van der Waals surface area contributed by atoms with Crippen LogP contribution in [-0.2, 0) is 5.88 Å². The van der Waals surface area contributed by atoms with Crippen molar-refractivity contribution >= 4 is 23.2 Å². The van der Waals surface area contributed by atoms with Crippen LogP contribution in [0.25, 0.3) is 0 Å². The molecule has 6 heteroatoms. The Labute approximate surface area is 89.8 Å². The fraction of sp³-hybridized carbons (Fsp3) is 0.375. The molecule has 2 nitrogen and oxygen atoms in total. The zero-order valence-electron chi connectivity index (χ0n) is 7.23. The van der Waals surface area contributed by atoms with Gasteiger partial charge in [-0.05, 0) is 0 Å². The molecule has 78 valence electrons. The van der Waals surface area contributed by atoms with Crippen molar-refractivity contribution in [3.8, 4) is 5.75 Å². The first kappa shape index (κ1) is 11.5. The van der Waals surface area contributed by atoms with Crippen molar-refractivity contribution in [3.63, 3.8) is 0 Å². The number of rotatable bonds is 3. The molecule has 0 unspecified atom stereocenters. The molecule has 1 rings (SSSR count). The fourth-order valence-corrected chi connectivity index (χ4v) is 1.50. The minimum atomic E-state index is -2.70. The van der Waals surface area contributed by atoms with Crippen LogP contribution in [0.15, 0.2) is 6.20 Å². The van der Waals surface area contributed by atoms with Crippen molar-refractivity contribution in [2.24, 2.45) is 0 Å². The molecule has 1 aromatic heterocycles. The molecule has 1 heterocycles. The van der Waals surface area contributed by atoms with Crippen molar-refractivity contribution in [2.45, 2.75) is 12.3 Å². The van der Waals surface area contributed by atoms with E-state index in [4.69, 9.17) is 27.9 Å². The molecule has 0 spiro atoms. The molecule has 0 bridgehead atoms. The van der Waals surface area contributed by atoms with Gasteiger partial charge in [-0.15, -0.1) is 11.6 Å². The molecule has 0 radical (unpaired) electrons. The Morgan fingerprint density at radius 1 is 1.57 bits per heavy atom. The van der Waals surface area contributed by atoms with Crippen molar-refractivity contribution in [1.82, 2.24) is 4.98 Å². The molecular weight excluding hydrogens is 235 g/mol. The van der Waals surface area contributed by atoms with Gasteiger partial charge in [0, 0.05) is 6.20 Å². The lowest BCUT2D eigenvalue weighted by Crippen LogP contribution is -2.01. The van der Waals surface area contributed by atoms with Gasteiger partial charge in [0.05, 0.1) is 24.2 Å². The molecule has 0 aliphatic heterocycles. The predicted molar refractivity (Wildman–Crippen MR) is 50.3 cm³/mol. The molecule has 14 heavy (non-hydrogen) atoms. The van der Waals surface area contributed by atoms with Gasteiger partial charge in [0.15, 0.2) is 0 Å². The third-order valence-corrected chi connectivity index (χ3v) is 2.18. The van der Waals surface area contributed by atoms with E-state index < -0.39 is 6.43 Å². The number of pyridine rings is 1. The maximum atomic E-state index is 12.6. The van der Waals surface area contributed by atoms with E-state index in [-0.39, 0.29) is 27.9 Å². The smallest absolute Gasteiger partial charge is 0.269 e. The van der Waals surface area contributed by atoms with Crippen LogP contribution in [-0.4, -0.2) is 12.1 Å². The van der Waals surface area contributed by atoms with Gasteiger partial charge in [-0.1, -0.05) is 11.6 Å². The maximum Gasteiger partial charge on any atom is 0.269 e. The summed E-state index contributed by atoms with van der Waals surface area (Å²) in [6.45, 7) is 0. The van der Waals surface area contributed by atoms with Gasteiger partial charge < -0.3 is 4.74 Å². The summed E-state index contributed by atoms with van der Waals surface area (Å²) in [5, 5.41) is 0.0525. The lowest BCUT2D eigenvalue weighted by atomic mass is 10.2. The average Bonchev–Trinajstić information content (AvgIpc) is 2.17. The Morgan fingerprint density at radius 2 is 2.21 bits per heavy atom. The van der Waals surface area contributed by atoms with Gasteiger partial charge >= 0.3 is 0 Å². The SMILES string of the molecule is COc1c(Cl)cnc(CCl)c1C(F)F. The average molecular weight is 242 g/mol. The molecule has 0 aliphatic rings. The summed E-state index contributed by atoms with van der Waals surface area (Å²) in [6.07, 6.45) is -1.46. The number of ether oxygens (including phenoxy) is 1. The van der Waals surface area contributed by atoms with Gasteiger partial charge in [0.1, 0.15) is 10.8 Å². The number of methoxy groups -OCH3 is 1. The molecule has 0 N–H and O–H groups in total. The van der Waals surface area contributed by atoms with Crippen LogP contribution < -0.4 is 4.74 Å². The highest BCUT2D eigenvalue weighted by Gasteiger charge is 2.21. The van der Waals surface area contributed by atoms with E-state index >= 15 is 0 Å². The number of alkyl halides is 3. The first-order valence-electron chi connectivity index (χ1n) is 3.67. The Kier molecular flexibility index (Phi) is 3.89. The minimum absolute atomic E-state index is 0.0525. The lowest BCUT2D eigenvalue weighted by molar-refractivity contribution is 0.145. The van der Waals surface area contributed by atoms with E-state index in [1.807, 2.05) is 0 Å². The van der Waals surface area contributed by atoms with Crippen LogP contribution in [0.1, 0.15) is 17.7 Å². The second-order valence-corrected chi connectivity index (χ2v) is 3.11. The number of halogens is 4. The minimum Gasteiger partial charge on any atom is -0.495 e. The molecule has 0 aliphatic carbocycles. The van der Waals surface area contributed by atoms with E-state index in [0.29, 0.717) is 0 Å². The first-order valence-corrected chi connectivity index (χ1v) is 4.58. The van der Waals surface area contributed by atoms with E-state index in [1.165, 1.54) is 13.3 Å². The summed E-state index contributed by atoms with van der Waals surface area (Å²) in [4.78, 5) is 3.70. The Balaban J connectivity index is 3.36. The van der Waals surface area contributed by atoms with Crippen LogP contribution in [0.4, 0.5) is 8.78 Å². The van der Waals surface area contributed by atoms with E-state index in [9.17, 15) is 8.78 Å². The van der Waals surface area contributed by atoms with E-state index in [1.54, 1.807) is 0 Å². The monoisotopic (exact) mass is 241 g/mol. The highest BCUT2D eigenvalue weighted by atomic mass is 35.5. The number of hydrogen-bond acceptors (Lipinski definition) is 2. The third kappa shape index (κ3) is 2.07. The second kappa shape index (κ2) is 4.75. The maximum absolute atomic E-state index is 12.6. The van der Waals surface area contributed by atoms with Crippen molar-refractivity contribution in [3.05, 3.63) is 22.5 Å². The third-order valence-electron chi connectivity index (χ3n) is 1.66. The summed E-state index contributed by atoms with van der Waals surface area (Å²) in [6, 6.07) is 0. The summed E-state index contributed by atoms with van der Waals surface area (Å²) in [5.41, 5.74) is -0.252. The van der Waals surface area contributed by atoms with Gasteiger partial charge in [0.25, 0.3) is 6.43 Å². The zero-order chi connectivity index (χ0) is 10.7. The first-order chi connectivity index (χ1) is 6.61. The summed E-state index contributed by atoms with van der Waals surface area (Å²) < 4.78 is 30.0. The summed E-state index contributed by atoms with van der Waals surface area (Å²) in [5.74, 6) is -0.167. The van der Waals surface area contributed by atoms with Gasteiger partial charge in [-0.25, -0.2) is 8.78 Å². The predicted octanol–water partition coefficient (Wildman–Crippen LogP) is 3.42. The molecule has 0 amide bonds. The molecule has 0 aromatic carbocycles. The van der Waals surface area contributed by atoms with Crippen LogP contribution in [0.2, 0.25) is 5.02 Å². The van der Waals surface area contributed by atoms with Crippen molar-refractivity contribution in [1.29, 1.82) is 0 Å².